The lowest BCUT2D eigenvalue weighted by atomic mass is 9.88. The summed E-state index contributed by atoms with van der Waals surface area (Å²) >= 11 is 0. The Balaban J connectivity index is 2.20. The highest BCUT2D eigenvalue weighted by Crippen LogP contribution is 2.29. The van der Waals surface area contributed by atoms with Crippen LogP contribution in [-0.2, 0) is 12.8 Å². The van der Waals surface area contributed by atoms with Gasteiger partial charge in [-0.25, -0.2) is 0 Å². The second-order valence-corrected chi connectivity index (χ2v) is 4.06. The predicted octanol–water partition coefficient (Wildman–Crippen LogP) is 2.12. The van der Waals surface area contributed by atoms with E-state index in [1.165, 1.54) is 11.1 Å². The van der Waals surface area contributed by atoms with Gasteiger partial charge in [-0.1, -0.05) is 18.1 Å². The summed E-state index contributed by atoms with van der Waals surface area (Å²) < 4.78 is 5.40. The van der Waals surface area contributed by atoms with Crippen molar-refractivity contribution < 1.29 is 4.74 Å². The number of ether oxygens (including phenoxy) is 1. The number of aryl methyl sites for hydroxylation is 1. The van der Waals surface area contributed by atoms with E-state index >= 15 is 0 Å². The van der Waals surface area contributed by atoms with E-state index in [2.05, 4.69) is 29.4 Å². The molecule has 0 radical (unpaired) electrons. The molecule has 1 N–H and O–H groups in total. The van der Waals surface area contributed by atoms with Crippen molar-refractivity contribution >= 4 is 0 Å². The van der Waals surface area contributed by atoms with Crippen molar-refractivity contribution in [3.63, 3.8) is 0 Å². The lowest BCUT2D eigenvalue weighted by Gasteiger charge is -2.25. The summed E-state index contributed by atoms with van der Waals surface area (Å²) in [6.45, 7) is 1.85. The van der Waals surface area contributed by atoms with Crippen LogP contribution >= 0.6 is 0 Å². The molecule has 1 atom stereocenters. The molecule has 1 aliphatic rings. The summed E-state index contributed by atoms with van der Waals surface area (Å²) in [7, 11) is 1.73. The van der Waals surface area contributed by atoms with Gasteiger partial charge >= 0.3 is 0 Å². The van der Waals surface area contributed by atoms with Gasteiger partial charge in [-0.15, -0.1) is 0 Å². The zero-order valence-electron chi connectivity index (χ0n) is 9.84. The molecule has 0 heterocycles. The SMILES string of the molecule is CC#CNC1CCc2cccc(OC)c2C1. The summed E-state index contributed by atoms with van der Waals surface area (Å²) in [5.74, 6) is 3.88. The van der Waals surface area contributed by atoms with Gasteiger partial charge in [0.25, 0.3) is 0 Å². The van der Waals surface area contributed by atoms with Gasteiger partial charge in [-0.2, -0.15) is 0 Å². The molecule has 1 aromatic rings. The second-order valence-electron chi connectivity index (χ2n) is 4.06. The summed E-state index contributed by atoms with van der Waals surface area (Å²) in [6.07, 6.45) is 3.26. The molecular formula is C14H17NO. The lowest BCUT2D eigenvalue weighted by Crippen LogP contribution is -2.31. The summed E-state index contributed by atoms with van der Waals surface area (Å²) in [6, 6.07) is 9.70. The zero-order chi connectivity index (χ0) is 11.4. The van der Waals surface area contributed by atoms with Gasteiger partial charge in [0.2, 0.25) is 0 Å². The molecule has 2 heteroatoms. The number of hydrogen-bond acceptors (Lipinski definition) is 2. The molecule has 16 heavy (non-hydrogen) atoms. The van der Waals surface area contributed by atoms with E-state index in [-0.39, 0.29) is 0 Å². The van der Waals surface area contributed by atoms with Gasteiger partial charge in [0, 0.05) is 12.1 Å². The number of nitrogens with one attached hydrogen (secondary N) is 1. The molecule has 1 aromatic carbocycles. The average Bonchev–Trinajstić information content (AvgIpc) is 2.35. The van der Waals surface area contributed by atoms with Gasteiger partial charge in [0.05, 0.1) is 7.11 Å². The van der Waals surface area contributed by atoms with Crippen LogP contribution in [0.4, 0.5) is 0 Å². The van der Waals surface area contributed by atoms with Gasteiger partial charge in [0.15, 0.2) is 0 Å². The summed E-state index contributed by atoms with van der Waals surface area (Å²) in [5, 5.41) is 3.25. The molecule has 0 amide bonds. The third kappa shape index (κ3) is 2.14. The molecule has 2 nitrogen and oxygen atoms in total. The largest absolute Gasteiger partial charge is 0.496 e. The van der Waals surface area contributed by atoms with E-state index in [1.807, 2.05) is 13.0 Å². The van der Waals surface area contributed by atoms with E-state index < -0.39 is 0 Å². The zero-order valence-corrected chi connectivity index (χ0v) is 9.84. The Hall–Kier alpha value is -1.62. The van der Waals surface area contributed by atoms with Crippen LogP contribution in [0.15, 0.2) is 18.2 Å². The maximum absolute atomic E-state index is 5.40. The standard InChI is InChI=1S/C14H17NO/c1-3-9-15-12-8-7-11-5-4-6-14(16-2)13(11)10-12/h4-6,12,15H,7-8,10H2,1-2H3. The lowest BCUT2D eigenvalue weighted by molar-refractivity contribution is 0.400. The van der Waals surface area contributed by atoms with E-state index in [4.69, 9.17) is 4.74 Å². The fourth-order valence-electron chi connectivity index (χ4n) is 2.24. The number of methoxy groups -OCH3 is 1. The van der Waals surface area contributed by atoms with Crippen molar-refractivity contribution in [2.45, 2.75) is 32.2 Å². The minimum absolute atomic E-state index is 0.455. The summed E-state index contributed by atoms with van der Waals surface area (Å²) in [4.78, 5) is 0. The predicted molar refractivity (Wildman–Crippen MR) is 65.4 cm³/mol. The minimum Gasteiger partial charge on any atom is -0.496 e. The van der Waals surface area contributed by atoms with Crippen LogP contribution in [0.25, 0.3) is 0 Å². The van der Waals surface area contributed by atoms with Crippen molar-refractivity contribution in [3.8, 4) is 17.7 Å². The molecule has 0 saturated heterocycles. The third-order valence-electron chi connectivity index (χ3n) is 3.06. The third-order valence-corrected chi connectivity index (χ3v) is 3.06. The van der Waals surface area contributed by atoms with Gasteiger partial charge in [-0.05, 0) is 43.4 Å². The molecule has 0 fully saturated rings. The summed E-state index contributed by atoms with van der Waals surface area (Å²) in [5.41, 5.74) is 2.76. The fourth-order valence-corrected chi connectivity index (χ4v) is 2.24. The highest BCUT2D eigenvalue weighted by atomic mass is 16.5. The Morgan fingerprint density at radius 1 is 1.44 bits per heavy atom. The monoisotopic (exact) mass is 215 g/mol. The van der Waals surface area contributed by atoms with E-state index in [1.54, 1.807) is 7.11 Å². The van der Waals surface area contributed by atoms with E-state index in [0.717, 1.165) is 25.0 Å². The van der Waals surface area contributed by atoms with Crippen LogP contribution in [0.3, 0.4) is 0 Å². The fraction of sp³-hybridized carbons (Fsp3) is 0.429. The Labute approximate surface area is 97.0 Å². The van der Waals surface area contributed by atoms with Gasteiger partial charge in [0.1, 0.15) is 5.75 Å². The van der Waals surface area contributed by atoms with Crippen molar-refractivity contribution in [2.75, 3.05) is 7.11 Å². The van der Waals surface area contributed by atoms with Crippen molar-refractivity contribution in [2.24, 2.45) is 0 Å². The van der Waals surface area contributed by atoms with Crippen molar-refractivity contribution in [1.82, 2.24) is 5.32 Å². The Morgan fingerprint density at radius 3 is 3.06 bits per heavy atom. The molecule has 0 spiro atoms. The van der Waals surface area contributed by atoms with Gasteiger partial charge in [-0.3, -0.25) is 0 Å². The highest BCUT2D eigenvalue weighted by molar-refractivity contribution is 5.42. The molecule has 2 rings (SSSR count). The first-order valence-electron chi connectivity index (χ1n) is 5.67. The van der Waals surface area contributed by atoms with E-state index in [0.29, 0.717) is 6.04 Å². The Bertz CT molecular complexity index is 414. The van der Waals surface area contributed by atoms with Crippen molar-refractivity contribution in [1.29, 1.82) is 0 Å². The molecule has 1 aliphatic carbocycles. The highest BCUT2D eigenvalue weighted by Gasteiger charge is 2.20. The number of fused-ring (bicyclic) bond motifs is 1. The molecule has 0 saturated carbocycles. The maximum Gasteiger partial charge on any atom is 0.122 e. The first-order valence-corrected chi connectivity index (χ1v) is 5.67. The smallest absolute Gasteiger partial charge is 0.122 e. The number of rotatable bonds is 2. The molecule has 0 aromatic heterocycles. The van der Waals surface area contributed by atoms with E-state index in [9.17, 15) is 0 Å². The van der Waals surface area contributed by atoms with Crippen LogP contribution < -0.4 is 10.1 Å². The molecule has 1 unspecified atom stereocenters. The van der Waals surface area contributed by atoms with Crippen molar-refractivity contribution in [3.05, 3.63) is 29.3 Å². The van der Waals surface area contributed by atoms with Crippen LogP contribution in [0, 0.1) is 12.0 Å². The Morgan fingerprint density at radius 2 is 2.31 bits per heavy atom. The average molecular weight is 215 g/mol. The second kappa shape index (κ2) is 4.94. The van der Waals surface area contributed by atoms with Crippen LogP contribution in [0.2, 0.25) is 0 Å². The maximum atomic E-state index is 5.40. The number of benzene rings is 1. The van der Waals surface area contributed by atoms with Gasteiger partial charge < -0.3 is 10.1 Å². The Kier molecular flexibility index (Phi) is 3.36. The molecule has 84 valence electrons. The molecular weight excluding hydrogens is 198 g/mol. The first-order chi connectivity index (χ1) is 7.85. The quantitative estimate of drug-likeness (QED) is 0.602. The molecule has 0 aliphatic heterocycles. The molecule has 0 bridgehead atoms. The van der Waals surface area contributed by atoms with Crippen LogP contribution in [0.1, 0.15) is 24.5 Å². The topological polar surface area (TPSA) is 21.3 Å². The van der Waals surface area contributed by atoms with Crippen LogP contribution in [-0.4, -0.2) is 13.2 Å². The van der Waals surface area contributed by atoms with Crippen LogP contribution in [0.5, 0.6) is 5.75 Å². The first kappa shape index (κ1) is 10.9. The number of hydrogen-bond donors (Lipinski definition) is 1. The minimum atomic E-state index is 0.455. The normalized spacial score (nSPS) is 18.0.